The number of rotatable bonds is 9. The Bertz CT molecular complexity index is 129. The number of hydrogen-bond donors (Lipinski definition) is 0. The molecule has 1 atom stereocenters. The smallest absolute Gasteiger partial charge is 0.00890 e. The standard InChI is InChI=1S/C13H27N/c1-5-7-8-9-10-12-13(11-6-2)14(3)4/h5,13H,1,6-12H2,2-4H3. The van der Waals surface area contributed by atoms with Crippen LogP contribution < -0.4 is 0 Å². The molecule has 0 aromatic carbocycles. The van der Waals surface area contributed by atoms with Gasteiger partial charge in [-0.25, -0.2) is 0 Å². The molecule has 0 radical (unpaired) electrons. The van der Waals surface area contributed by atoms with Gasteiger partial charge in [0.15, 0.2) is 0 Å². The monoisotopic (exact) mass is 197 g/mol. The van der Waals surface area contributed by atoms with E-state index in [2.05, 4.69) is 32.5 Å². The van der Waals surface area contributed by atoms with Crippen LogP contribution in [0.2, 0.25) is 0 Å². The molecular weight excluding hydrogens is 170 g/mol. The van der Waals surface area contributed by atoms with Crippen molar-refractivity contribution < 1.29 is 0 Å². The van der Waals surface area contributed by atoms with Gasteiger partial charge in [0.2, 0.25) is 0 Å². The zero-order chi connectivity index (χ0) is 10.8. The summed E-state index contributed by atoms with van der Waals surface area (Å²) < 4.78 is 0. The van der Waals surface area contributed by atoms with Crippen LogP contribution in [-0.2, 0) is 0 Å². The zero-order valence-corrected chi connectivity index (χ0v) is 10.3. The maximum absolute atomic E-state index is 3.74. The van der Waals surface area contributed by atoms with Crippen molar-refractivity contribution in [3.05, 3.63) is 12.7 Å². The average Bonchev–Trinajstić information content (AvgIpc) is 2.15. The molecule has 0 saturated heterocycles. The molecule has 0 aliphatic carbocycles. The van der Waals surface area contributed by atoms with E-state index in [0.717, 1.165) is 6.04 Å². The summed E-state index contributed by atoms with van der Waals surface area (Å²) >= 11 is 0. The molecule has 0 aliphatic rings. The van der Waals surface area contributed by atoms with E-state index in [9.17, 15) is 0 Å². The average molecular weight is 197 g/mol. The maximum Gasteiger partial charge on any atom is 0.00890 e. The lowest BCUT2D eigenvalue weighted by atomic mass is 10.0. The molecule has 0 N–H and O–H groups in total. The Hall–Kier alpha value is -0.300. The number of unbranched alkanes of at least 4 members (excludes halogenated alkanes) is 3. The molecule has 0 aromatic rings. The number of hydrogen-bond acceptors (Lipinski definition) is 1. The Morgan fingerprint density at radius 2 is 1.86 bits per heavy atom. The predicted molar refractivity (Wildman–Crippen MR) is 65.7 cm³/mol. The van der Waals surface area contributed by atoms with Crippen molar-refractivity contribution in [1.82, 2.24) is 4.90 Å². The summed E-state index contributed by atoms with van der Waals surface area (Å²) in [5.41, 5.74) is 0. The maximum atomic E-state index is 3.74. The van der Waals surface area contributed by atoms with Crippen LogP contribution in [0.15, 0.2) is 12.7 Å². The molecule has 1 nitrogen and oxygen atoms in total. The van der Waals surface area contributed by atoms with E-state index >= 15 is 0 Å². The first-order valence-electron chi connectivity index (χ1n) is 5.99. The van der Waals surface area contributed by atoms with E-state index in [-0.39, 0.29) is 0 Å². The van der Waals surface area contributed by atoms with Crippen molar-refractivity contribution in [3.63, 3.8) is 0 Å². The topological polar surface area (TPSA) is 3.24 Å². The minimum absolute atomic E-state index is 0.795. The Morgan fingerprint density at radius 3 is 2.36 bits per heavy atom. The minimum Gasteiger partial charge on any atom is -0.306 e. The molecule has 0 aromatic heterocycles. The summed E-state index contributed by atoms with van der Waals surface area (Å²) in [5, 5.41) is 0. The minimum atomic E-state index is 0.795. The lowest BCUT2D eigenvalue weighted by molar-refractivity contribution is 0.256. The Balaban J connectivity index is 3.45. The van der Waals surface area contributed by atoms with Gasteiger partial charge in [-0.3, -0.25) is 0 Å². The van der Waals surface area contributed by atoms with E-state index in [1.807, 2.05) is 6.08 Å². The second-order valence-corrected chi connectivity index (χ2v) is 4.33. The van der Waals surface area contributed by atoms with Crippen molar-refractivity contribution in [3.8, 4) is 0 Å². The Morgan fingerprint density at radius 1 is 1.14 bits per heavy atom. The van der Waals surface area contributed by atoms with Crippen molar-refractivity contribution in [2.24, 2.45) is 0 Å². The summed E-state index contributed by atoms with van der Waals surface area (Å²) in [6.45, 7) is 6.01. The second kappa shape index (κ2) is 9.26. The first kappa shape index (κ1) is 13.7. The van der Waals surface area contributed by atoms with Gasteiger partial charge >= 0.3 is 0 Å². The normalized spacial score (nSPS) is 13.1. The fourth-order valence-electron chi connectivity index (χ4n) is 1.84. The van der Waals surface area contributed by atoms with Gasteiger partial charge in [0, 0.05) is 6.04 Å². The molecular formula is C13H27N. The van der Waals surface area contributed by atoms with Crippen molar-refractivity contribution in [1.29, 1.82) is 0 Å². The lowest BCUT2D eigenvalue weighted by Gasteiger charge is -2.23. The van der Waals surface area contributed by atoms with Gasteiger partial charge < -0.3 is 4.90 Å². The summed E-state index contributed by atoms with van der Waals surface area (Å²) in [6, 6.07) is 0.795. The third-order valence-corrected chi connectivity index (χ3v) is 2.80. The van der Waals surface area contributed by atoms with E-state index in [0.29, 0.717) is 0 Å². The molecule has 0 bridgehead atoms. The summed E-state index contributed by atoms with van der Waals surface area (Å²) in [7, 11) is 4.40. The third-order valence-electron chi connectivity index (χ3n) is 2.80. The van der Waals surface area contributed by atoms with Crippen LogP contribution in [0.4, 0.5) is 0 Å². The van der Waals surface area contributed by atoms with Crippen LogP contribution in [0.3, 0.4) is 0 Å². The van der Waals surface area contributed by atoms with Crippen LogP contribution in [-0.4, -0.2) is 25.0 Å². The van der Waals surface area contributed by atoms with Gasteiger partial charge in [-0.2, -0.15) is 0 Å². The van der Waals surface area contributed by atoms with E-state index < -0.39 is 0 Å². The first-order chi connectivity index (χ1) is 6.72. The second-order valence-electron chi connectivity index (χ2n) is 4.33. The third kappa shape index (κ3) is 7.14. The fourth-order valence-corrected chi connectivity index (χ4v) is 1.84. The van der Waals surface area contributed by atoms with Crippen LogP contribution in [0, 0.1) is 0 Å². The molecule has 0 rings (SSSR count). The highest BCUT2D eigenvalue weighted by Crippen LogP contribution is 2.13. The predicted octanol–water partition coefficient (Wildman–Crippen LogP) is 3.85. The number of allylic oxidation sites excluding steroid dienone is 1. The van der Waals surface area contributed by atoms with Crippen molar-refractivity contribution in [2.45, 2.75) is 57.9 Å². The zero-order valence-electron chi connectivity index (χ0n) is 10.3. The van der Waals surface area contributed by atoms with Crippen molar-refractivity contribution in [2.75, 3.05) is 14.1 Å². The van der Waals surface area contributed by atoms with E-state index in [1.165, 1.54) is 44.9 Å². The molecule has 1 unspecified atom stereocenters. The molecule has 0 amide bonds. The molecule has 84 valence electrons. The number of nitrogens with zero attached hydrogens (tertiary/aromatic N) is 1. The molecule has 0 aliphatic heterocycles. The molecule has 14 heavy (non-hydrogen) atoms. The highest BCUT2D eigenvalue weighted by Gasteiger charge is 2.08. The van der Waals surface area contributed by atoms with E-state index in [4.69, 9.17) is 0 Å². The van der Waals surface area contributed by atoms with E-state index in [1.54, 1.807) is 0 Å². The fraction of sp³-hybridized carbons (Fsp3) is 0.846. The summed E-state index contributed by atoms with van der Waals surface area (Å²) in [4.78, 5) is 2.37. The van der Waals surface area contributed by atoms with Gasteiger partial charge in [-0.1, -0.05) is 32.3 Å². The van der Waals surface area contributed by atoms with Crippen molar-refractivity contribution >= 4 is 0 Å². The Kier molecular flexibility index (Phi) is 9.06. The Labute approximate surface area is 90.2 Å². The van der Waals surface area contributed by atoms with Gasteiger partial charge in [-0.05, 0) is 39.8 Å². The van der Waals surface area contributed by atoms with Crippen LogP contribution in [0.1, 0.15) is 51.9 Å². The van der Waals surface area contributed by atoms with Gasteiger partial charge in [-0.15, -0.1) is 6.58 Å². The largest absolute Gasteiger partial charge is 0.306 e. The molecule has 0 saturated carbocycles. The van der Waals surface area contributed by atoms with Crippen LogP contribution in [0.5, 0.6) is 0 Å². The molecule has 0 fully saturated rings. The SMILES string of the molecule is C=CCCCCCC(CCC)N(C)C. The van der Waals surface area contributed by atoms with Crippen LogP contribution >= 0.6 is 0 Å². The first-order valence-corrected chi connectivity index (χ1v) is 5.99. The highest BCUT2D eigenvalue weighted by molar-refractivity contribution is 4.68. The van der Waals surface area contributed by atoms with Gasteiger partial charge in [0.05, 0.1) is 0 Å². The van der Waals surface area contributed by atoms with Gasteiger partial charge in [0.1, 0.15) is 0 Å². The molecule has 1 heteroatoms. The molecule has 0 spiro atoms. The summed E-state index contributed by atoms with van der Waals surface area (Å²) in [6.07, 6.45) is 11.3. The van der Waals surface area contributed by atoms with Gasteiger partial charge in [0.25, 0.3) is 0 Å². The molecule has 0 heterocycles. The lowest BCUT2D eigenvalue weighted by Crippen LogP contribution is -2.27. The van der Waals surface area contributed by atoms with Crippen LogP contribution in [0.25, 0.3) is 0 Å². The quantitative estimate of drug-likeness (QED) is 0.401. The highest BCUT2D eigenvalue weighted by atomic mass is 15.1. The summed E-state index contributed by atoms with van der Waals surface area (Å²) in [5.74, 6) is 0.